The highest BCUT2D eigenvalue weighted by Crippen LogP contribution is 2.36. The molecule has 0 bridgehead atoms. The molecule has 3 aromatic rings. The summed E-state index contributed by atoms with van der Waals surface area (Å²) in [5.41, 5.74) is 28.2. The van der Waals surface area contributed by atoms with Crippen LogP contribution in [0.25, 0.3) is 11.4 Å². The number of nitrogens with zero attached hydrogens (tertiary/aromatic N) is 2. The normalized spacial score (nSPS) is 15.3. The highest BCUT2D eigenvalue weighted by Gasteiger charge is 2.33. The molecule has 0 saturated carbocycles. The highest BCUT2D eigenvalue weighted by molar-refractivity contribution is 7.85. The fraction of sp³-hybridized carbons (Fsp3) is 0.619. The summed E-state index contributed by atoms with van der Waals surface area (Å²) in [4.78, 5) is 133. The lowest BCUT2D eigenvalue weighted by atomic mass is 9.94. The van der Waals surface area contributed by atoms with E-state index in [1.807, 2.05) is 62.4 Å². The predicted octanol–water partition coefficient (Wildman–Crippen LogP) is 3.01. The monoisotopic (exact) mass is 1750 g/mol. The zero-order valence-electron chi connectivity index (χ0n) is 72.1. The van der Waals surface area contributed by atoms with E-state index in [4.69, 9.17) is 75.0 Å². The van der Waals surface area contributed by atoms with E-state index in [1.165, 1.54) is 0 Å². The molecule has 0 fully saturated rings. The van der Waals surface area contributed by atoms with Gasteiger partial charge in [0.25, 0.3) is 10.1 Å². The van der Waals surface area contributed by atoms with Gasteiger partial charge in [0.1, 0.15) is 31.4 Å². The summed E-state index contributed by atoms with van der Waals surface area (Å²) in [5.74, 6) is 1.37. The van der Waals surface area contributed by atoms with Gasteiger partial charge in [-0.3, -0.25) is 53.5 Å². The Labute approximate surface area is 721 Å². The van der Waals surface area contributed by atoms with Crippen LogP contribution in [0.5, 0.6) is 0 Å². The van der Waals surface area contributed by atoms with Crippen LogP contribution in [0.2, 0.25) is 0 Å². The van der Waals surface area contributed by atoms with Gasteiger partial charge in [0.2, 0.25) is 47.3 Å². The molecule has 10 amide bonds. The quantitative estimate of drug-likeness (QED) is 0.0127. The Hall–Kier alpha value is -9.65. The minimum atomic E-state index is -4.18. The number of unbranched alkanes of at least 4 members (excludes halogenated alkanes) is 2. The van der Waals surface area contributed by atoms with Crippen molar-refractivity contribution in [1.29, 1.82) is 0 Å². The molecule has 5 rings (SSSR count). The Morgan fingerprint density at radius 2 is 1.15 bits per heavy atom. The number of nitrogens with one attached hydrogen (secondary N) is 9. The minimum Gasteiger partial charge on any atom is -0.461 e. The first kappa shape index (κ1) is 104. The van der Waals surface area contributed by atoms with Gasteiger partial charge in [0.05, 0.1) is 147 Å². The number of para-hydroxylation sites is 1. The number of hydrogen-bond acceptors (Lipinski definition) is 27. The number of hydrogen-bond donors (Lipinski definition) is 14. The fourth-order valence-corrected chi connectivity index (χ4v) is 13.3. The molecule has 38 nitrogen and oxygen atoms in total. The van der Waals surface area contributed by atoms with E-state index >= 15 is 0 Å². The Kier molecular flexibility index (Phi) is 50.0. The maximum absolute atomic E-state index is 13.8. The topological polar surface area (TPSA) is 536 Å². The molecule has 1 aliphatic heterocycles. The van der Waals surface area contributed by atoms with Crippen LogP contribution in [0.15, 0.2) is 84.2 Å². The van der Waals surface area contributed by atoms with Crippen LogP contribution in [0.4, 0.5) is 16.2 Å². The van der Waals surface area contributed by atoms with Crippen molar-refractivity contribution in [2.75, 3.05) is 161 Å². The Morgan fingerprint density at radius 1 is 0.585 bits per heavy atom. The van der Waals surface area contributed by atoms with Crippen LogP contribution in [-0.2, 0) is 114 Å². The van der Waals surface area contributed by atoms with Gasteiger partial charge in [0, 0.05) is 106 Å². The van der Waals surface area contributed by atoms with Gasteiger partial charge in [-0.25, -0.2) is 4.79 Å². The van der Waals surface area contributed by atoms with Gasteiger partial charge in [-0.1, -0.05) is 82.3 Å². The van der Waals surface area contributed by atoms with Crippen molar-refractivity contribution in [3.8, 4) is 0 Å². The summed E-state index contributed by atoms with van der Waals surface area (Å²) < 4.78 is 86.9. The summed E-state index contributed by atoms with van der Waals surface area (Å²) in [6.07, 6.45) is 2.79. The van der Waals surface area contributed by atoms with E-state index in [9.17, 15) is 56.4 Å². The average Bonchev–Trinajstić information content (AvgIpc) is 0.770. The van der Waals surface area contributed by atoms with E-state index in [2.05, 4.69) is 48.0 Å². The predicted molar refractivity (Wildman–Crippen MR) is 460 cm³/mol. The second-order valence-corrected chi connectivity index (χ2v) is 31.8. The van der Waals surface area contributed by atoms with E-state index in [1.54, 1.807) is 61.8 Å². The summed E-state index contributed by atoms with van der Waals surface area (Å²) in [6.45, 7) is 15.4. The van der Waals surface area contributed by atoms with Gasteiger partial charge >= 0.3 is 12.0 Å². The molecular weight excluding hydrogens is 1620 g/mol. The Bertz CT molecular complexity index is 3930. The number of rotatable bonds is 63. The average molecular weight is 1750 g/mol. The number of esters is 1. The minimum absolute atomic E-state index is 0.00474. The van der Waals surface area contributed by atoms with Crippen molar-refractivity contribution in [2.24, 2.45) is 34.9 Å². The maximum atomic E-state index is 13.8. The van der Waals surface area contributed by atoms with Crippen LogP contribution < -0.4 is 75.9 Å². The number of primary amides is 2. The zero-order valence-corrected chi connectivity index (χ0v) is 72.9. The molecule has 3 aromatic carbocycles. The molecule has 0 spiro atoms. The lowest BCUT2D eigenvalue weighted by Crippen LogP contribution is -2.54. The van der Waals surface area contributed by atoms with Crippen LogP contribution in [0, 0.1) is 11.8 Å². The first-order chi connectivity index (χ1) is 59.0. The molecule has 123 heavy (non-hydrogen) atoms. The second kappa shape index (κ2) is 59.2. The third kappa shape index (κ3) is 42.5. The molecule has 4 atom stereocenters. The SMILES string of the molecule is CC(C)N/C1=C(\N)c2ccccc2N(C(=O)CCC(=O)NCCOCCOCCOCCOCCC(=O)N[C@H](CCCCNC(=O)COC2CCCC(N(CCCCC(=O)Nc3ccc(COC(=O)C(C)C)cc3)C(N)=O)CC(NCCOCCOCCOCCOCCC(=O)NCCS(=O)(=O)O)=C2NN)C(=O)N[C@H](C(N)=O)C(C)C)Cc2ccccc21. The van der Waals surface area contributed by atoms with E-state index in [-0.39, 0.29) is 238 Å². The molecule has 2 unspecified atom stereocenters. The molecule has 1 heterocycles. The number of ether oxygens (including phenoxy) is 10. The van der Waals surface area contributed by atoms with Crippen molar-refractivity contribution in [1.82, 2.24) is 47.5 Å². The molecule has 0 radical (unpaired) electrons. The number of amides is 10. The van der Waals surface area contributed by atoms with E-state index < -0.39 is 75.7 Å². The number of carbonyl (C=O) groups excluding carboxylic acids is 10. The van der Waals surface area contributed by atoms with Crippen LogP contribution in [0.1, 0.15) is 154 Å². The number of carbonyl (C=O) groups is 10. The maximum Gasteiger partial charge on any atom is 0.315 e. The molecule has 18 N–H and O–H groups in total. The number of anilines is 2. The van der Waals surface area contributed by atoms with Crippen molar-refractivity contribution in [3.63, 3.8) is 0 Å². The van der Waals surface area contributed by atoms with E-state index in [0.29, 0.717) is 80.0 Å². The van der Waals surface area contributed by atoms with Crippen LogP contribution in [-0.4, -0.2) is 258 Å². The zero-order chi connectivity index (χ0) is 89.7. The molecule has 39 heteroatoms. The molecule has 688 valence electrons. The van der Waals surface area contributed by atoms with Gasteiger partial charge in [0.15, 0.2) is 0 Å². The van der Waals surface area contributed by atoms with Gasteiger partial charge in [-0.15, -0.1) is 0 Å². The Morgan fingerprint density at radius 3 is 1.75 bits per heavy atom. The molecule has 0 aromatic heterocycles. The molecule has 2 aliphatic rings. The van der Waals surface area contributed by atoms with E-state index in [0.717, 1.165) is 28.0 Å². The van der Waals surface area contributed by atoms with Gasteiger partial charge in [-0.05, 0) is 100 Å². The Balaban J connectivity index is 1.01. The third-order valence-corrected chi connectivity index (χ3v) is 20.1. The summed E-state index contributed by atoms with van der Waals surface area (Å²) >= 11 is 0. The fourth-order valence-electron chi connectivity index (χ4n) is 12.9. The van der Waals surface area contributed by atoms with Crippen molar-refractivity contribution < 1.29 is 108 Å². The lowest BCUT2D eigenvalue weighted by molar-refractivity contribution is -0.148. The standard InChI is InChI=1S/C84H133N15O23S/c1-58(2)78(81(86)106)96-82(107)67(95-74(103)31-38-114-42-46-118-50-52-120-48-44-116-40-34-91-71(100)28-29-76(105)99-55-62-16-7-8-18-65(62)79(93-60(5)6)77(85)66-19-9-10-21-69(66)99)20-11-13-32-90-75(104)57-121-70-22-15-17-64(98(84(87)109)36-14-12-23-73(102)94-63-26-24-61(25-27-63)56-122-83(108)59(3)4)54-68(80(70)97-88)89-33-39-115-43-47-119-51-49-117-45-41-113-37-30-72(101)92-35-53-123(110,111)112/h7-10,16,18-19,21,24-27,58-60,64,67,70,78,89,93,97H,11-15,17,20,22-23,28-57,85,88H2,1-6H3,(H2,86,106)(H2,87,109)(H,90,104)(H,91,100)(H,92,101)(H,94,102)(H,95,103)(H,96,107)(H,110,111,112)/b79-77-,80-68?/t64?,67-,70?,78+/m1/s1. The third-order valence-electron chi connectivity index (χ3n) is 19.4. The first-order valence-electron chi connectivity index (χ1n) is 42.2. The first-order valence-corrected chi connectivity index (χ1v) is 43.8. The summed E-state index contributed by atoms with van der Waals surface area (Å²) in [6, 6.07) is 19.3. The smallest absolute Gasteiger partial charge is 0.315 e. The van der Waals surface area contributed by atoms with Crippen molar-refractivity contribution in [3.05, 3.63) is 106 Å². The highest BCUT2D eigenvalue weighted by atomic mass is 32.2. The summed E-state index contributed by atoms with van der Waals surface area (Å²) in [5, 5.41) is 23.3. The number of benzene rings is 3. The summed E-state index contributed by atoms with van der Waals surface area (Å²) in [7, 11) is -4.18. The van der Waals surface area contributed by atoms with Gasteiger partial charge < -0.3 is 122 Å². The van der Waals surface area contributed by atoms with Crippen LogP contribution >= 0.6 is 0 Å². The molecule has 1 aliphatic carbocycles. The molecular formula is C84H133N15O23S. The van der Waals surface area contributed by atoms with Crippen molar-refractivity contribution >= 4 is 92.1 Å². The lowest BCUT2D eigenvalue weighted by Gasteiger charge is -2.35. The number of fused-ring (bicyclic) bond motifs is 2. The van der Waals surface area contributed by atoms with Crippen LogP contribution in [0.3, 0.4) is 0 Å². The second-order valence-electron chi connectivity index (χ2n) is 30.3. The number of hydrazine groups is 1. The number of urea groups is 1. The van der Waals surface area contributed by atoms with Gasteiger partial charge in [-0.2, -0.15) is 8.42 Å². The largest absolute Gasteiger partial charge is 0.461 e. The van der Waals surface area contributed by atoms with Crippen molar-refractivity contribution in [2.45, 2.75) is 175 Å². The molecule has 0 saturated heterocycles. The number of nitrogens with two attached hydrogens (primary N) is 4.